The number of nitrogens with zero attached hydrogens (tertiary/aromatic N) is 2. The van der Waals surface area contributed by atoms with Crippen LogP contribution in [0.2, 0.25) is 5.02 Å². The molecular formula is C34H30ClN3O4. The van der Waals surface area contributed by atoms with E-state index in [1.54, 1.807) is 12.1 Å². The highest BCUT2D eigenvalue weighted by molar-refractivity contribution is 6.30. The summed E-state index contributed by atoms with van der Waals surface area (Å²) in [5, 5.41) is 3.63. The summed E-state index contributed by atoms with van der Waals surface area (Å²) < 4.78 is 8.57. The third-order valence-corrected chi connectivity index (χ3v) is 8.31. The van der Waals surface area contributed by atoms with Gasteiger partial charge in [0.15, 0.2) is 5.78 Å². The average Bonchev–Trinajstić information content (AvgIpc) is 3.53. The van der Waals surface area contributed by atoms with Crippen LogP contribution >= 0.6 is 11.6 Å². The molecular weight excluding hydrogens is 550 g/mol. The molecule has 1 unspecified atom stereocenters. The largest absolute Gasteiger partial charge is 0.464 e. The van der Waals surface area contributed by atoms with Crippen LogP contribution in [0.4, 0.5) is 0 Å². The number of carbonyl (C=O) groups is 2. The Morgan fingerprint density at radius 3 is 2.26 bits per heavy atom. The van der Waals surface area contributed by atoms with E-state index in [9.17, 15) is 14.4 Å². The maximum absolute atomic E-state index is 14.3. The van der Waals surface area contributed by atoms with Gasteiger partial charge >= 0.3 is 5.97 Å². The van der Waals surface area contributed by atoms with Crippen molar-refractivity contribution < 1.29 is 14.3 Å². The Bertz CT molecular complexity index is 1880. The summed E-state index contributed by atoms with van der Waals surface area (Å²) in [5.74, 6) is -1.31. The zero-order chi connectivity index (χ0) is 29.8. The van der Waals surface area contributed by atoms with Gasteiger partial charge in [-0.3, -0.25) is 14.7 Å². The summed E-state index contributed by atoms with van der Waals surface area (Å²) in [7, 11) is 1.29. The van der Waals surface area contributed by atoms with Crippen molar-refractivity contribution >= 4 is 23.4 Å². The fraction of sp³-hybridized carbons (Fsp3) is 0.206. The number of esters is 1. The van der Waals surface area contributed by atoms with E-state index in [0.717, 1.165) is 22.5 Å². The highest BCUT2D eigenvalue weighted by Gasteiger charge is 2.47. The number of Topliss-reactive ketones (excluding diaryl/α,β-unsaturated/α-hetero) is 1. The number of methoxy groups -OCH3 is 1. The van der Waals surface area contributed by atoms with E-state index in [-0.39, 0.29) is 29.0 Å². The zero-order valence-electron chi connectivity index (χ0n) is 23.8. The van der Waals surface area contributed by atoms with Crippen molar-refractivity contribution in [3.05, 3.63) is 128 Å². The molecule has 0 bridgehead atoms. The second-order valence-corrected chi connectivity index (χ2v) is 11.8. The number of nitrogens with one attached hydrogen (secondary N) is 1. The number of ether oxygens (including phenoxy) is 1. The smallest absolute Gasteiger partial charge is 0.356 e. The second kappa shape index (κ2) is 10.3. The summed E-state index contributed by atoms with van der Waals surface area (Å²) in [5.41, 5.74) is 4.57. The van der Waals surface area contributed by atoms with Gasteiger partial charge in [0.2, 0.25) is 0 Å². The predicted molar refractivity (Wildman–Crippen MR) is 163 cm³/mol. The normalized spacial score (nSPS) is 15.8. The van der Waals surface area contributed by atoms with Crippen molar-refractivity contribution in [2.75, 3.05) is 7.11 Å². The first-order chi connectivity index (χ1) is 20.1. The summed E-state index contributed by atoms with van der Waals surface area (Å²) >= 11 is 6.22. The number of hydrogen-bond donors (Lipinski definition) is 1. The van der Waals surface area contributed by atoms with Gasteiger partial charge in [-0.1, -0.05) is 73.5 Å². The molecule has 0 spiro atoms. The number of aryl methyl sites for hydroxylation is 1. The summed E-state index contributed by atoms with van der Waals surface area (Å²) in [6.45, 7) is 5.94. The van der Waals surface area contributed by atoms with Crippen LogP contribution in [-0.4, -0.2) is 33.2 Å². The van der Waals surface area contributed by atoms with Gasteiger partial charge in [0, 0.05) is 34.3 Å². The monoisotopic (exact) mass is 579 g/mol. The molecule has 6 rings (SSSR count). The van der Waals surface area contributed by atoms with Crippen molar-refractivity contribution in [2.45, 2.75) is 33.1 Å². The van der Waals surface area contributed by atoms with Crippen molar-refractivity contribution in [3.63, 3.8) is 0 Å². The standard InChI is InChI=1S/C34H30ClN3O4/c1-20-10-16-23(17-11-20)37-26(21-12-14-22(35)15-13-21)18-25-27(39)19-34(2,3)29(31(25)37)28-30(33(41)42-4)36-38(32(28)40)24-8-6-5-7-9-24/h5-18,29,36H,19H2,1-4H3. The van der Waals surface area contributed by atoms with Crippen molar-refractivity contribution in [3.8, 4) is 22.6 Å². The van der Waals surface area contributed by atoms with Gasteiger partial charge in [0.1, 0.15) is 5.69 Å². The maximum Gasteiger partial charge on any atom is 0.356 e. The number of hydrogen-bond acceptors (Lipinski definition) is 4. The number of carbonyl (C=O) groups excluding carboxylic acids is 2. The Morgan fingerprint density at radius 1 is 0.952 bits per heavy atom. The van der Waals surface area contributed by atoms with Crippen molar-refractivity contribution in [2.24, 2.45) is 5.41 Å². The lowest BCUT2D eigenvalue weighted by molar-refractivity contribution is 0.0591. The van der Waals surface area contributed by atoms with E-state index >= 15 is 0 Å². The number of ketones is 1. The number of H-pyrrole nitrogens is 1. The van der Waals surface area contributed by atoms with Crippen LogP contribution in [0.3, 0.4) is 0 Å². The van der Waals surface area contributed by atoms with Gasteiger partial charge in [-0.2, -0.15) is 0 Å². The van der Waals surface area contributed by atoms with E-state index < -0.39 is 17.3 Å². The van der Waals surface area contributed by atoms with E-state index in [0.29, 0.717) is 22.0 Å². The van der Waals surface area contributed by atoms with Gasteiger partial charge in [-0.05, 0) is 60.4 Å². The van der Waals surface area contributed by atoms with Gasteiger partial charge in [0.05, 0.1) is 24.1 Å². The SMILES string of the molecule is COC(=O)c1[nH]n(-c2ccccc2)c(=O)c1C1c2c(cc(-c3ccc(Cl)cc3)n2-c2ccc(C)cc2)C(=O)CC1(C)C. The number of rotatable bonds is 5. The fourth-order valence-electron chi connectivity index (χ4n) is 6.08. The number of fused-ring (bicyclic) bond motifs is 1. The highest BCUT2D eigenvalue weighted by atomic mass is 35.5. The van der Waals surface area contributed by atoms with Crippen LogP contribution in [0.5, 0.6) is 0 Å². The molecule has 7 nitrogen and oxygen atoms in total. The molecule has 0 saturated heterocycles. The van der Waals surface area contributed by atoms with Crippen molar-refractivity contribution in [1.82, 2.24) is 14.3 Å². The summed E-state index contributed by atoms with van der Waals surface area (Å²) in [4.78, 5) is 41.3. The molecule has 42 heavy (non-hydrogen) atoms. The molecule has 1 aliphatic carbocycles. The first-order valence-corrected chi connectivity index (χ1v) is 14.1. The fourth-order valence-corrected chi connectivity index (χ4v) is 6.21. The average molecular weight is 580 g/mol. The quantitative estimate of drug-likeness (QED) is 0.225. The molecule has 2 heterocycles. The molecule has 8 heteroatoms. The van der Waals surface area contributed by atoms with Gasteiger partial charge in [0.25, 0.3) is 5.56 Å². The van der Waals surface area contributed by atoms with E-state index in [2.05, 4.69) is 5.10 Å². The van der Waals surface area contributed by atoms with E-state index in [1.807, 2.05) is 98.1 Å². The van der Waals surface area contributed by atoms with Crippen LogP contribution < -0.4 is 5.56 Å². The lowest BCUT2D eigenvalue weighted by Crippen LogP contribution is -2.37. The highest BCUT2D eigenvalue weighted by Crippen LogP contribution is 2.51. The molecule has 0 amide bonds. The first-order valence-electron chi connectivity index (χ1n) is 13.7. The third-order valence-electron chi connectivity index (χ3n) is 8.06. The molecule has 5 aromatic rings. The van der Waals surface area contributed by atoms with Crippen LogP contribution in [0.25, 0.3) is 22.6 Å². The first kappa shape index (κ1) is 27.5. The topological polar surface area (TPSA) is 86.1 Å². The molecule has 0 aliphatic heterocycles. The number of halogens is 1. The van der Waals surface area contributed by atoms with Gasteiger partial charge in [-0.25, -0.2) is 9.48 Å². The molecule has 0 saturated carbocycles. The summed E-state index contributed by atoms with van der Waals surface area (Å²) in [6, 6.07) is 26.4. The van der Waals surface area contributed by atoms with Crippen LogP contribution in [0.15, 0.2) is 89.7 Å². The number of benzene rings is 3. The molecule has 1 N–H and O–H groups in total. The Labute approximate surface area is 248 Å². The zero-order valence-corrected chi connectivity index (χ0v) is 24.5. The lowest BCUT2D eigenvalue weighted by Gasteiger charge is -2.38. The maximum atomic E-state index is 14.3. The van der Waals surface area contributed by atoms with Crippen LogP contribution in [0, 0.1) is 12.3 Å². The molecule has 0 fully saturated rings. The van der Waals surface area contributed by atoms with Gasteiger partial charge in [-0.15, -0.1) is 0 Å². The van der Waals surface area contributed by atoms with E-state index in [4.69, 9.17) is 16.3 Å². The minimum absolute atomic E-state index is 0.0223. The lowest BCUT2D eigenvalue weighted by atomic mass is 9.65. The summed E-state index contributed by atoms with van der Waals surface area (Å²) in [6.07, 6.45) is 0.194. The number of aromatic amines is 1. The second-order valence-electron chi connectivity index (χ2n) is 11.4. The Kier molecular flexibility index (Phi) is 6.78. The third kappa shape index (κ3) is 4.50. The minimum Gasteiger partial charge on any atom is -0.464 e. The van der Waals surface area contributed by atoms with Gasteiger partial charge < -0.3 is 9.30 Å². The minimum atomic E-state index is -0.721. The Hall–Kier alpha value is -4.62. The number of para-hydroxylation sites is 1. The molecule has 0 radical (unpaired) electrons. The van der Waals surface area contributed by atoms with Crippen LogP contribution in [-0.2, 0) is 4.74 Å². The molecule has 3 aromatic carbocycles. The molecule has 2 aromatic heterocycles. The Balaban J connectivity index is 1.71. The molecule has 212 valence electrons. The molecule has 1 aliphatic rings. The van der Waals surface area contributed by atoms with E-state index in [1.165, 1.54) is 11.8 Å². The molecule has 1 atom stereocenters. The van der Waals surface area contributed by atoms with Crippen molar-refractivity contribution in [1.29, 1.82) is 0 Å². The number of aromatic nitrogens is 3. The predicted octanol–water partition coefficient (Wildman–Crippen LogP) is 7.12. The van der Waals surface area contributed by atoms with Crippen LogP contribution in [0.1, 0.15) is 63.9 Å². The Morgan fingerprint density at radius 2 is 1.62 bits per heavy atom.